The van der Waals surface area contributed by atoms with Crippen LogP contribution in [0.1, 0.15) is 46.0 Å². The van der Waals surface area contributed by atoms with Crippen LogP contribution in [-0.4, -0.2) is 11.7 Å². The van der Waals surface area contributed by atoms with Crippen molar-refractivity contribution >= 4 is 0 Å². The van der Waals surface area contributed by atoms with Gasteiger partial charge in [0.25, 0.3) is 0 Å². The topological polar surface area (TPSA) is 20.2 Å². The first kappa shape index (κ1) is 9.79. The Hall–Kier alpha value is -0.300. The van der Waals surface area contributed by atoms with Crippen LogP contribution in [-0.2, 0) is 0 Å². The summed E-state index contributed by atoms with van der Waals surface area (Å²) in [6.45, 7) is 4.90. The van der Waals surface area contributed by atoms with Crippen molar-refractivity contribution in [3.63, 3.8) is 0 Å². The maximum absolute atomic E-state index is 8.75. The Kier molecular flexibility index (Phi) is 3.80. The predicted octanol–water partition coefficient (Wildman–Crippen LogP) is 2.90. The normalized spacial score (nSPS) is 24.8. The number of rotatable bonds is 3. The second-order valence-electron chi connectivity index (χ2n) is 3.93. The summed E-state index contributed by atoms with van der Waals surface area (Å²) in [6, 6.07) is 0. The molecule has 0 aromatic carbocycles. The third kappa shape index (κ3) is 2.34. The van der Waals surface area contributed by atoms with Crippen LogP contribution in [0.4, 0.5) is 0 Å². The molecule has 1 nitrogen and oxygen atoms in total. The van der Waals surface area contributed by atoms with Gasteiger partial charge >= 0.3 is 0 Å². The molecule has 0 spiro atoms. The molecule has 0 heterocycles. The van der Waals surface area contributed by atoms with Crippen molar-refractivity contribution in [2.24, 2.45) is 5.92 Å². The highest BCUT2D eigenvalue weighted by atomic mass is 16.2. The summed E-state index contributed by atoms with van der Waals surface area (Å²) in [5, 5.41) is 8.75. The van der Waals surface area contributed by atoms with Gasteiger partial charge in [-0.15, -0.1) is 0 Å². The fourth-order valence-corrected chi connectivity index (χ4v) is 2.16. The third-order valence-electron chi connectivity index (χ3n) is 2.94. The minimum Gasteiger partial charge on any atom is -0.396 e. The van der Waals surface area contributed by atoms with Crippen LogP contribution in [0, 0.1) is 5.92 Å². The lowest BCUT2D eigenvalue weighted by Gasteiger charge is -2.24. The summed E-state index contributed by atoms with van der Waals surface area (Å²) in [4.78, 5) is 0. The Balaban J connectivity index is 2.55. The standard InChI is InChI=1S/C11H20O/c1-9-5-3-6-10(2)11(9)7-4-8-12/h9,12H,3-8H2,1-2H3. The van der Waals surface area contributed by atoms with Gasteiger partial charge in [-0.25, -0.2) is 0 Å². The van der Waals surface area contributed by atoms with E-state index in [0.29, 0.717) is 6.61 Å². The fourth-order valence-electron chi connectivity index (χ4n) is 2.16. The Morgan fingerprint density at radius 3 is 2.83 bits per heavy atom. The van der Waals surface area contributed by atoms with E-state index < -0.39 is 0 Å². The molecule has 1 N–H and O–H groups in total. The lowest BCUT2D eigenvalue weighted by atomic mass is 9.82. The first-order valence-electron chi connectivity index (χ1n) is 5.05. The van der Waals surface area contributed by atoms with E-state index in [1.165, 1.54) is 19.3 Å². The Bertz CT molecular complexity index is 170. The van der Waals surface area contributed by atoms with Crippen molar-refractivity contribution in [1.29, 1.82) is 0 Å². The summed E-state index contributed by atoms with van der Waals surface area (Å²) in [5.74, 6) is 0.769. The number of hydrogen-bond acceptors (Lipinski definition) is 1. The van der Waals surface area contributed by atoms with Gasteiger partial charge in [0.15, 0.2) is 0 Å². The molecule has 0 bridgehead atoms. The molecule has 0 saturated carbocycles. The van der Waals surface area contributed by atoms with Crippen LogP contribution in [0.5, 0.6) is 0 Å². The van der Waals surface area contributed by atoms with Crippen LogP contribution < -0.4 is 0 Å². The molecule has 0 aliphatic heterocycles. The first-order valence-corrected chi connectivity index (χ1v) is 5.05. The summed E-state index contributed by atoms with van der Waals surface area (Å²) >= 11 is 0. The molecule has 12 heavy (non-hydrogen) atoms. The maximum atomic E-state index is 8.75. The average Bonchev–Trinajstić information content (AvgIpc) is 2.04. The summed E-state index contributed by atoms with van der Waals surface area (Å²) in [5.41, 5.74) is 3.21. The van der Waals surface area contributed by atoms with Crippen molar-refractivity contribution in [2.45, 2.75) is 46.0 Å². The SMILES string of the molecule is CC1=C(CCCO)C(C)CCC1. The highest BCUT2D eigenvalue weighted by Crippen LogP contribution is 2.32. The van der Waals surface area contributed by atoms with Crippen LogP contribution in [0.15, 0.2) is 11.1 Å². The van der Waals surface area contributed by atoms with E-state index in [1.807, 2.05) is 0 Å². The van der Waals surface area contributed by atoms with Crippen molar-refractivity contribution in [3.8, 4) is 0 Å². The first-order chi connectivity index (χ1) is 5.75. The Morgan fingerprint density at radius 2 is 2.25 bits per heavy atom. The summed E-state index contributed by atoms with van der Waals surface area (Å²) in [7, 11) is 0. The number of hydrogen-bond donors (Lipinski definition) is 1. The average molecular weight is 168 g/mol. The highest BCUT2D eigenvalue weighted by Gasteiger charge is 2.15. The zero-order valence-electron chi connectivity index (χ0n) is 8.27. The zero-order valence-corrected chi connectivity index (χ0v) is 8.27. The minimum absolute atomic E-state index is 0.337. The monoisotopic (exact) mass is 168 g/mol. The number of aliphatic hydroxyl groups excluding tert-OH is 1. The molecule has 1 unspecified atom stereocenters. The molecule has 1 heteroatoms. The van der Waals surface area contributed by atoms with E-state index in [9.17, 15) is 0 Å². The van der Waals surface area contributed by atoms with E-state index in [0.717, 1.165) is 18.8 Å². The van der Waals surface area contributed by atoms with Crippen molar-refractivity contribution < 1.29 is 5.11 Å². The maximum Gasteiger partial charge on any atom is 0.0434 e. The quantitative estimate of drug-likeness (QED) is 0.642. The molecule has 0 fully saturated rings. The molecular formula is C11H20O. The minimum atomic E-state index is 0.337. The molecule has 1 aliphatic rings. The highest BCUT2D eigenvalue weighted by molar-refractivity contribution is 5.17. The molecule has 0 saturated heterocycles. The van der Waals surface area contributed by atoms with E-state index in [2.05, 4.69) is 13.8 Å². The third-order valence-corrected chi connectivity index (χ3v) is 2.94. The van der Waals surface area contributed by atoms with E-state index in [1.54, 1.807) is 11.1 Å². The Morgan fingerprint density at radius 1 is 1.50 bits per heavy atom. The van der Waals surface area contributed by atoms with Crippen LogP contribution in [0.3, 0.4) is 0 Å². The van der Waals surface area contributed by atoms with E-state index in [4.69, 9.17) is 5.11 Å². The van der Waals surface area contributed by atoms with E-state index >= 15 is 0 Å². The van der Waals surface area contributed by atoms with Crippen molar-refractivity contribution in [3.05, 3.63) is 11.1 Å². The molecular weight excluding hydrogens is 148 g/mol. The van der Waals surface area contributed by atoms with Gasteiger partial charge in [0.05, 0.1) is 0 Å². The van der Waals surface area contributed by atoms with Gasteiger partial charge in [0, 0.05) is 6.61 Å². The largest absolute Gasteiger partial charge is 0.396 e. The molecule has 0 aromatic heterocycles. The molecule has 70 valence electrons. The molecule has 0 radical (unpaired) electrons. The van der Waals surface area contributed by atoms with Gasteiger partial charge < -0.3 is 5.11 Å². The van der Waals surface area contributed by atoms with Gasteiger partial charge in [0.1, 0.15) is 0 Å². The second-order valence-corrected chi connectivity index (χ2v) is 3.93. The predicted molar refractivity (Wildman–Crippen MR) is 52.0 cm³/mol. The Labute approximate surface area is 75.5 Å². The van der Waals surface area contributed by atoms with Gasteiger partial charge in [-0.05, 0) is 44.9 Å². The van der Waals surface area contributed by atoms with Gasteiger partial charge in [-0.3, -0.25) is 0 Å². The van der Waals surface area contributed by atoms with Gasteiger partial charge in [-0.1, -0.05) is 18.1 Å². The lowest BCUT2D eigenvalue weighted by Crippen LogP contribution is -2.08. The smallest absolute Gasteiger partial charge is 0.0434 e. The zero-order chi connectivity index (χ0) is 8.97. The van der Waals surface area contributed by atoms with Crippen molar-refractivity contribution in [1.82, 2.24) is 0 Å². The van der Waals surface area contributed by atoms with Crippen LogP contribution in [0.25, 0.3) is 0 Å². The summed E-state index contributed by atoms with van der Waals surface area (Å²) < 4.78 is 0. The summed E-state index contributed by atoms with van der Waals surface area (Å²) in [6.07, 6.45) is 6.04. The number of aliphatic hydroxyl groups is 1. The van der Waals surface area contributed by atoms with Gasteiger partial charge in [0.2, 0.25) is 0 Å². The molecule has 1 atom stereocenters. The molecule has 0 aromatic rings. The molecule has 1 aliphatic carbocycles. The molecule has 0 amide bonds. The molecule has 1 rings (SSSR count). The van der Waals surface area contributed by atoms with Crippen LogP contribution >= 0.6 is 0 Å². The van der Waals surface area contributed by atoms with Crippen LogP contribution in [0.2, 0.25) is 0 Å². The second kappa shape index (κ2) is 4.66. The van der Waals surface area contributed by atoms with E-state index in [-0.39, 0.29) is 0 Å². The number of allylic oxidation sites excluding steroid dienone is 2. The lowest BCUT2D eigenvalue weighted by molar-refractivity contribution is 0.285. The fraction of sp³-hybridized carbons (Fsp3) is 0.818. The van der Waals surface area contributed by atoms with Gasteiger partial charge in [-0.2, -0.15) is 0 Å². The van der Waals surface area contributed by atoms with Crippen molar-refractivity contribution in [2.75, 3.05) is 6.61 Å².